The summed E-state index contributed by atoms with van der Waals surface area (Å²) in [6.45, 7) is -0.502. The van der Waals surface area contributed by atoms with Gasteiger partial charge >= 0.3 is 13.0 Å². The van der Waals surface area contributed by atoms with E-state index in [0.717, 1.165) is 72.9 Å². The van der Waals surface area contributed by atoms with Crippen LogP contribution in [0.4, 0.5) is 18.9 Å². The van der Waals surface area contributed by atoms with Crippen molar-refractivity contribution >= 4 is 34.5 Å². The Morgan fingerprint density at radius 1 is 0.588 bits per heavy atom. The number of imidazole rings is 1. The van der Waals surface area contributed by atoms with Gasteiger partial charge in [0.2, 0.25) is 0 Å². The maximum Gasteiger partial charge on any atom is 0.416 e. The van der Waals surface area contributed by atoms with Crippen LogP contribution in [0.2, 0.25) is 0 Å². The van der Waals surface area contributed by atoms with Crippen molar-refractivity contribution in [3.63, 3.8) is 0 Å². The number of pyridine rings is 2. The molecular weight excluding hydrogens is 642 g/mol. The highest BCUT2D eigenvalue weighted by molar-refractivity contribution is 6.89. The third-order valence-corrected chi connectivity index (χ3v) is 9.41. The number of benzene rings is 5. The first-order valence-electron chi connectivity index (χ1n) is 16.5. The number of anilines is 1. The molecule has 5 aromatic carbocycles. The standard InChI is InChI=1S/C42H27BF3N5/c44-42(45,46)32-15-17-36-35-16-14-27(41-49-38-12-4-5-13-40(38)51(41)34-10-2-1-3-11-34)23-37(35)43(50-39(36)24-32)33-21-30(28-8-6-18-47-25-28)20-31(22-33)29-9-7-19-48-26-29/h1-26,50H. The average molecular weight is 670 g/mol. The molecule has 3 aromatic heterocycles. The monoisotopic (exact) mass is 669 g/mol. The second-order valence-corrected chi connectivity index (χ2v) is 12.6. The summed E-state index contributed by atoms with van der Waals surface area (Å²) < 4.78 is 44.2. The molecule has 0 radical (unpaired) electrons. The van der Waals surface area contributed by atoms with Crippen molar-refractivity contribution in [3.05, 3.63) is 164 Å². The van der Waals surface area contributed by atoms with Crippen LogP contribution in [0.3, 0.4) is 0 Å². The fraction of sp³-hybridized carbons (Fsp3) is 0.0238. The lowest BCUT2D eigenvalue weighted by Crippen LogP contribution is -2.52. The van der Waals surface area contributed by atoms with E-state index in [0.29, 0.717) is 11.3 Å². The Morgan fingerprint density at radius 2 is 1.27 bits per heavy atom. The second kappa shape index (κ2) is 12.1. The van der Waals surface area contributed by atoms with Gasteiger partial charge in [0.25, 0.3) is 0 Å². The lowest BCUT2D eigenvalue weighted by atomic mass is 9.47. The molecule has 5 nitrogen and oxygen atoms in total. The summed E-state index contributed by atoms with van der Waals surface area (Å²) in [4.78, 5) is 13.8. The zero-order chi connectivity index (χ0) is 34.5. The number of aromatic nitrogens is 4. The molecule has 1 N–H and O–H groups in total. The SMILES string of the molecule is FC(F)(F)c1ccc2c(c1)NB(c1cc(-c3cccnc3)cc(-c3cccnc3)c1)c1cc(-c3nc4ccccc4n3-c3ccccc3)ccc1-2. The predicted molar refractivity (Wildman–Crippen MR) is 198 cm³/mol. The summed E-state index contributed by atoms with van der Waals surface area (Å²) in [5.74, 6) is 0.766. The Labute approximate surface area is 292 Å². The summed E-state index contributed by atoms with van der Waals surface area (Å²) in [5.41, 5.74) is 10.5. The first kappa shape index (κ1) is 30.6. The number of nitrogens with one attached hydrogen (secondary N) is 1. The molecule has 0 saturated carbocycles. The van der Waals surface area contributed by atoms with E-state index in [1.165, 1.54) is 6.07 Å². The lowest BCUT2D eigenvalue weighted by molar-refractivity contribution is -0.137. The molecular formula is C42H27BF3N5. The smallest absolute Gasteiger partial charge is 0.416 e. The van der Waals surface area contributed by atoms with E-state index in [4.69, 9.17) is 4.98 Å². The number of para-hydroxylation sites is 3. The number of rotatable bonds is 5. The predicted octanol–water partition coefficient (Wildman–Crippen LogP) is 9.03. The summed E-state index contributed by atoms with van der Waals surface area (Å²) in [6, 6.07) is 42.2. The number of fused-ring (bicyclic) bond motifs is 4. The molecule has 0 saturated heterocycles. The summed E-state index contributed by atoms with van der Waals surface area (Å²) in [5, 5.41) is 3.53. The van der Waals surface area contributed by atoms with E-state index in [9.17, 15) is 13.2 Å². The topological polar surface area (TPSA) is 55.6 Å². The van der Waals surface area contributed by atoms with Gasteiger partial charge in [-0.2, -0.15) is 13.2 Å². The van der Waals surface area contributed by atoms with Gasteiger partial charge in [0, 0.05) is 47.3 Å². The Bertz CT molecular complexity index is 2500. The maximum atomic E-state index is 14.0. The molecule has 1 aliphatic heterocycles. The number of hydrogen-bond donors (Lipinski definition) is 1. The number of halogens is 3. The number of hydrogen-bond acceptors (Lipinski definition) is 4. The van der Waals surface area contributed by atoms with Crippen LogP contribution in [-0.4, -0.2) is 26.4 Å². The molecule has 0 unspecified atom stereocenters. The molecule has 8 aromatic rings. The van der Waals surface area contributed by atoms with Gasteiger partial charge in [0.15, 0.2) is 0 Å². The summed E-state index contributed by atoms with van der Waals surface area (Å²) >= 11 is 0. The van der Waals surface area contributed by atoms with Crippen molar-refractivity contribution in [2.24, 2.45) is 0 Å². The summed E-state index contributed by atoms with van der Waals surface area (Å²) in [6.07, 6.45) is 2.60. The minimum Gasteiger partial charge on any atom is -0.420 e. The van der Waals surface area contributed by atoms with Crippen molar-refractivity contribution in [2.75, 3.05) is 5.23 Å². The molecule has 0 bridgehead atoms. The first-order chi connectivity index (χ1) is 24.9. The van der Waals surface area contributed by atoms with Gasteiger partial charge in [-0.25, -0.2) is 4.98 Å². The van der Waals surface area contributed by atoms with Crippen molar-refractivity contribution in [1.29, 1.82) is 0 Å². The third kappa shape index (κ3) is 5.53. The Hall–Kier alpha value is -6.48. The van der Waals surface area contributed by atoms with E-state index in [-0.39, 0.29) is 0 Å². The molecule has 1 aliphatic rings. The van der Waals surface area contributed by atoms with Crippen molar-refractivity contribution in [2.45, 2.75) is 6.18 Å². The van der Waals surface area contributed by atoms with Gasteiger partial charge in [-0.1, -0.05) is 78.9 Å². The maximum absolute atomic E-state index is 14.0. The molecule has 0 amide bonds. The third-order valence-electron chi connectivity index (χ3n) is 9.41. The molecule has 4 heterocycles. The van der Waals surface area contributed by atoms with Gasteiger partial charge in [0.1, 0.15) is 5.82 Å². The van der Waals surface area contributed by atoms with Crippen LogP contribution in [0.25, 0.3) is 61.5 Å². The Kier molecular flexibility index (Phi) is 7.28. The average Bonchev–Trinajstić information content (AvgIpc) is 3.57. The van der Waals surface area contributed by atoms with E-state index in [2.05, 4.69) is 62.2 Å². The first-order valence-corrected chi connectivity index (χ1v) is 16.5. The van der Waals surface area contributed by atoms with Crippen LogP contribution in [-0.2, 0) is 6.18 Å². The Balaban J connectivity index is 1.28. The van der Waals surface area contributed by atoms with Crippen molar-refractivity contribution in [1.82, 2.24) is 19.5 Å². The van der Waals surface area contributed by atoms with Crippen LogP contribution in [0.5, 0.6) is 0 Å². The fourth-order valence-electron chi connectivity index (χ4n) is 7.03. The highest BCUT2D eigenvalue weighted by Crippen LogP contribution is 2.39. The minimum atomic E-state index is -4.49. The molecule has 244 valence electrons. The van der Waals surface area contributed by atoms with Crippen LogP contribution >= 0.6 is 0 Å². The van der Waals surface area contributed by atoms with Gasteiger partial charge in [-0.15, -0.1) is 0 Å². The molecule has 0 aliphatic carbocycles. The van der Waals surface area contributed by atoms with Crippen LogP contribution < -0.4 is 16.2 Å². The minimum absolute atomic E-state index is 0.418. The van der Waals surface area contributed by atoms with E-state index in [1.807, 2.05) is 85.2 Å². The van der Waals surface area contributed by atoms with Gasteiger partial charge < -0.3 is 5.23 Å². The normalized spacial score (nSPS) is 12.3. The highest BCUT2D eigenvalue weighted by Gasteiger charge is 2.35. The fourth-order valence-corrected chi connectivity index (χ4v) is 7.03. The summed E-state index contributed by atoms with van der Waals surface area (Å²) in [7, 11) is 0. The van der Waals surface area contributed by atoms with Crippen LogP contribution in [0.1, 0.15) is 5.56 Å². The second-order valence-electron chi connectivity index (χ2n) is 12.6. The highest BCUT2D eigenvalue weighted by atomic mass is 19.4. The van der Waals surface area contributed by atoms with E-state index < -0.39 is 18.6 Å². The van der Waals surface area contributed by atoms with E-state index >= 15 is 0 Å². The quantitative estimate of drug-likeness (QED) is 0.186. The molecule has 0 fully saturated rings. The van der Waals surface area contributed by atoms with Gasteiger partial charge in [-0.3, -0.25) is 14.5 Å². The van der Waals surface area contributed by atoms with Crippen molar-refractivity contribution in [3.8, 4) is 50.5 Å². The zero-order valence-corrected chi connectivity index (χ0v) is 27.0. The molecule has 51 heavy (non-hydrogen) atoms. The van der Waals surface area contributed by atoms with Crippen molar-refractivity contribution < 1.29 is 13.2 Å². The molecule has 9 heteroatoms. The molecule has 0 atom stereocenters. The van der Waals surface area contributed by atoms with Gasteiger partial charge in [-0.05, 0) is 93.3 Å². The lowest BCUT2D eigenvalue weighted by Gasteiger charge is -2.29. The molecule has 9 rings (SSSR count). The Morgan fingerprint density at radius 3 is 1.96 bits per heavy atom. The van der Waals surface area contributed by atoms with Crippen LogP contribution in [0.15, 0.2) is 158 Å². The van der Waals surface area contributed by atoms with Crippen LogP contribution in [0, 0.1) is 0 Å². The largest absolute Gasteiger partial charge is 0.420 e. The number of alkyl halides is 3. The zero-order valence-electron chi connectivity index (χ0n) is 27.0. The van der Waals surface area contributed by atoms with E-state index in [1.54, 1.807) is 18.5 Å². The molecule has 0 spiro atoms. The van der Waals surface area contributed by atoms with Gasteiger partial charge in [0.05, 0.1) is 16.6 Å². The number of nitrogens with zero attached hydrogens (tertiary/aromatic N) is 4.